The highest BCUT2D eigenvalue weighted by atomic mass is 35.5. The average Bonchev–Trinajstić information content (AvgIpc) is 2.74. The number of aliphatic carboxylic acids is 1. The highest BCUT2D eigenvalue weighted by Crippen LogP contribution is 2.38. The zero-order valence-corrected chi connectivity index (χ0v) is 14.3. The standard InChI is InChI=1S/C16H18ClFN2O2.ClH/c1-2-13(16(21)22)20-14-4-3-9(19)7-10(14)11-5-8(18)6-12(17)15(11)20;/h5-6,9,13H,2-4,7,19H2,1H3,(H,21,22);1H/t9-,13?;/m0./s1. The van der Waals surface area contributed by atoms with Crippen LogP contribution in [0.15, 0.2) is 12.1 Å². The van der Waals surface area contributed by atoms with E-state index in [0.717, 1.165) is 17.7 Å². The third-order valence-corrected chi connectivity index (χ3v) is 4.72. The fourth-order valence-corrected chi connectivity index (χ4v) is 3.77. The molecule has 0 bridgehead atoms. The lowest BCUT2D eigenvalue weighted by Gasteiger charge is -2.23. The van der Waals surface area contributed by atoms with E-state index in [1.165, 1.54) is 12.1 Å². The minimum Gasteiger partial charge on any atom is -0.480 e. The van der Waals surface area contributed by atoms with E-state index < -0.39 is 17.8 Å². The molecule has 1 aliphatic carbocycles. The van der Waals surface area contributed by atoms with Crippen LogP contribution < -0.4 is 5.73 Å². The number of carbonyl (C=O) groups is 1. The second-order valence-electron chi connectivity index (χ2n) is 5.84. The summed E-state index contributed by atoms with van der Waals surface area (Å²) >= 11 is 6.24. The molecule has 3 rings (SSSR count). The SMILES string of the molecule is CCC(C(=O)O)n1c2c(c3cc(F)cc(Cl)c31)C[C@@H](N)CC2.Cl. The predicted molar refractivity (Wildman–Crippen MR) is 91.1 cm³/mol. The second-order valence-corrected chi connectivity index (χ2v) is 6.25. The Hall–Kier alpha value is -1.30. The van der Waals surface area contributed by atoms with Crippen LogP contribution in [0.2, 0.25) is 5.02 Å². The van der Waals surface area contributed by atoms with Gasteiger partial charge in [-0.05, 0) is 43.4 Å². The van der Waals surface area contributed by atoms with Crippen LogP contribution in [0.1, 0.15) is 37.1 Å². The number of aromatic nitrogens is 1. The number of hydrogen-bond acceptors (Lipinski definition) is 2. The molecular formula is C16H19Cl2FN2O2. The van der Waals surface area contributed by atoms with Crippen LogP contribution in [0.3, 0.4) is 0 Å². The molecule has 0 fully saturated rings. The van der Waals surface area contributed by atoms with Crippen molar-refractivity contribution in [3.8, 4) is 0 Å². The molecule has 2 atom stereocenters. The molecule has 0 aliphatic heterocycles. The van der Waals surface area contributed by atoms with Gasteiger partial charge in [0.15, 0.2) is 0 Å². The molecule has 0 spiro atoms. The van der Waals surface area contributed by atoms with Crippen LogP contribution >= 0.6 is 24.0 Å². The van der Waals surface area contributed by atoms with Gasteiger partial charge in [0.25, 0.3) is 0 Å². The van der Waals surface area contributed by atoms with Crippen LogP contribution in [0.4, 0.5) is 4.39 Å². The third kappa shape index (κ3) is 2.93. The third-order valence-electron chi connectivity index (χ3n) is 4.44. The van der Waals surface area contributed by atoms with Crippen LogP contribution in [0, 0.1) is 5.82 Å². The van der Waals surface area contributed by atoms with Gasteiger partial charge in [0.05, 0.1) is 10.5 Å². The number of nitrogens with two attached hydrogens (primary N) is 1. The molecule has 1 aromatic heterocycles. The van der Waals surface area contributed by atoms with Gasteiger partial charge in [-0.1, -0.05) is 18.5 Å². The molecule has 7 heteroatoms. The smallest absolute Gasteiger partial charge is 0.326 e. The summed E-state index contributed by atoms with van der Waals surface area (Å²) in [6.07, 6.45) is 2.53. The fraction of sp³-hybridized carbons (Fsp3) is 0.438. The Balaban J connectivity index is 0.00000192. The molecule has 0 saturated heterocycles. The van der Waals surface area contributed by atoms with Gasteiger partial charge in [0.2, 0.25) is 0 Å². The van der Waals surface area contributed by atoms with E-state index >= 15 is 0 Å². The van der Waals surface area contributed by atoms with Crippen molar-refractivity contribution in [1.29, 1.82) is 0 Å². The van der Waals surface area contributed by atoms with Crippen LogP contribution in [-0.2, 0) is 17.6 Å². The van der Waals surface area contributed by atoms with Gasteiger partial charge in [0.1, 0.15) is 11.9 Å². The summed E-state index contributed by atoms with van der Waals surface area (Å²) in [6, 6.07) is 1.98. The van der Waals surface area contributed by atoms with E-state index in [0.29, 0.717) is 30.2 Å². The number of fused-ring (bicyclic) bond motifs is 3. The summed E-state index contributed by atoms with van der Waals surface area (Å²) in [5.74, 6) is -1.32. The van der Waals surface area contributed by atoms with E-state index in [4.69, 9.17) is 17.3 Å². The maximum atomic E-state index is 13.8. The number of carboxylic acids is 1. The normalized spacial score (nSPS) is 18.3. The number of halogens is 3. The summed E-state index contributed by atoms with van der Waals surface area (Å²) in [5, 5.41) is 10.5. The van der Waals surface area contributed by atoms with Gasteiger partial charge in [-0.15, -0.1) is 12.4 Å². The van der Waals surface area contributed by atoms with E-state index in [1.807, 2.05) is 6.92 Å². The van der Waals surface area contributed by atoms with E-state index in [2.05, 4.69) is 0 Å². The molecule has 0 amide bonds. The van der Waals surface area contributed by atoms with Crippen molar-refractivity contribution in [1.82, 2.24) is 4.57 Å². The van der Waals surface area contributed by atoms with Crippen molar-refractivity contribution < 1.29 is 14.3 Å². The number of hydrogen-bond donors (Lipinski definition) is 2. The summed E-state index contributed by atoms with van der Waals surface area (Å²) in [5.41, 5.74) is 8.52. The van der Waals surface area contributed by atoms with Crippen molar-refractivity contribution in [2.75, 3.05) is 0 Å². The largest absolute Gasteiger partial charge is 0.480 e. The zero-order valence-electron chi connectivity index (χ0n) is 12.7. The molecule has 1 aromatic carbocycles. The molecular weight excluding hydrogens is 342 g/mol. The molecule has 1 aliphatic rings. The highest BCUT2D eigenvalue weighted by molar-refractivity contribution is 6.35. The summed E-state index contributed by atoms with van der Waals surface area (Å²) in [6.45, 7) is 1.82. The topological polar surface area (TPSA) is 68.2 Å². The summed E-state index contributed by atoms with van der Waals surface area (Å²) in [7, 11) is 0. The van der Waals surface area contributed by atoms with Gasteiger partial charge >= 0.3 is 5.97 Å². The Morgan fingerprint density at radius 1 is 1.57 bits per heavy atom. The Kier molecular flexibility index (Phi) is 5.23. The van der Waals surface area contributed by atoms with E-state index in [9.17, 15) is 14.3 Å². The quantitative estimate of drug-likeness (QED) is 0.876. The molecule has 1 heterocycles. The van der Waals surface area contributed by atoms with E-state index in [1.54, 1.807) is 4.57 Å². The minimum absolute atomic E-state index is 0. The van der Waals surface area contributed by atoms with Crippen LogP contribution in [0.5, 0.6) is 0 Å². The lowest BCUT2D eigenvalue weighted by atomic mass is 9.92. The molecule has 1 unspecified atom stereocenters. The summed E-state index contributed by atoms with van der Waals surface area (Å²) < 4.78 is 15.6. The maximum absolute atomic E-state index is 13.8. The number of carboxylic acid groups (broad SMARTS) is 1. The first-order valence-electron chi connectivity index (χ1n) is 7.43. The molecule has 2 aromatic rings. The first kappa shape index (κ1) is 18.0. The average molecular weight is 361 g/mol. The molecule has 0 radical (unpaired) electrons. The minimum atomic E-state index is -0.905. The first-order valence-corrected chi connectivity index (χ1v) is 7.80. The predicted octanol–water partition coefficient (Wildman–Crippen LogP) is 3.71. The molecule has 3 N–H and O–H groups in total. The number of rotatable bonds is 3. The Labute approximate surface area is 144 Å². The highest BCUT2D eigenvalue weighted by Gasteiger charge is 2.30. The monoisotopic (exact) mass is 360 g/mol. The lowest BCUT2D eigenvalue weighted by molar-refractivity contribution is -0.140. The van der Waals surface area contributed by atoms with Crippen molar-refractivity contribution in [2.45, 2.75) is 44.7 Å². The van der Waals surface area contributed by atoms with Crippen molar-refractivity contribution >= 4 is 40.9 Å². The number of nitrogens with zero attached hydrogens (tertiary/aromatic N) is 1. The molecule has 23 heavy (non-hydrogen) atoms. The van der Waals surface area contributed by atoms with Crippen LogP contribution in [0.25, 0.3) is 10.9 Å². The van der Waals surface area contributed by atoms with Crippen molar-refractivity contribution in [2.24, 2.45) is 5.73 Å². The molecule has 4 nitrogen and oxygen atoms in total. The fourth-order valence-electron chi connectivity index (χ4n) is 3.47. The summed E-state index contributed by atoms with van der Waals surface area (Å²) in [4.78, 5) is 11.6. The van der Waals surface area contributed by atoms with Gasteiger partial charge in [-0.25, -0.2) is 9.18 Å². The van der Waals surface area contributed by atoms with Gasteiger partial charge in [0, 0.05) is 17.1 Å². The number of benzene rings is 1. The van der Waals surface area contributed by atoms with Crippen molar-refractivity contribution in [3.63, 3.8) is 0 Å². The van der Waals surface area contributed by atoms with Crippen LogP contribution in [-0.4, -0.2) is 21.7 Å². The van der Waals surface area contributed by atoms with Crippen molar-refractivity contribution in [3.05, 3.63) is 34.2 Å². The van der Waals surface area contributed by atoms with Gasteiger partial charge < -0.3 is 15.4 Å². The Morgan fingerprint density at radius 2 is 2.26 bits per heavy atom. The zero-order chi connectivity index (χ0) is 16.0. The Bertz CT molecular complexity index is 760. The maximum Gasteiger partial charge on any atom is 0.326 e. The Morgan fingerprint density at radius 3 is 2.87 bits per heavy atom. The van der Waals surface area contributed by atoms with E-state index in [-0.39, 0.29) is 23.5 Å². The molecule has 0 saturated carbocycles. The van der Waals surface area contributed by atoms with Gasteiger partial charge in [-0.2, -0.15) is 0 Å². The first-order chi connectivity index (χ1) is 10.4. The molecule has 126 valence electrons. The van der Waals surface area contributed by atoms with Gasteiger partial charge in [-0.3, -0.25) is 0 Å². The second kappa shape index (κ2) is 6.67. The lowest BCUT2D eigenvalue weighted by Crippen LogP contribution is -2.29.